The van der Waals surface area contributed by atoms with Crippen molar-refractivity contribution in [2.45, 2.75) is 31.4 Å². The third-order valence-corrected chi connectivity index (χ3v) is 7.81. The average molecular weight is 601 g/mol. The second kappa shape index (κ2) is 12.2. The Morgan fingerprint density at radius 1 is 0.977 bits per heavy atom. The van der Waals surface area contributed by atoms with E-state index < -0.39 is 29.7 Å². The highest BCUT2D eigenvalue weighted by atomic mass is 19.1. The number of amides is 3. The molecule has 0 aliphatic carbocycles. The number of nitrogens with zero attached hydrogens (tertiary/aromatic N) is 4. The molecule has 6 bridgehead atoms. The van der Waals surface area contributed by atoms with Crippen LogP contribution in [0.1, 0.15) is 40.2 Å². The van der Waals surface area contributed by atoms with Gasteiger partial charge < -0.3 is 24.8 Å². The first-order chi connectivity index (χ1) is 21.3. The number of likely N-dealkylation sites (tertiary alicyclic amines) is 1. The molecule has 0 saturated carbocycles. The normalized spacial score (nSPS) is 18.9. The summed E-state index contributed by atoms with van der Waals surface area (Å²) in [6.45, 7) is 0.893. The average Bonchev–Trinajstić information content (AvgIpc) is 3.61. The Hall–Kier alpha value is -5.13. The van der Waals surface area contributed by atoms with Crippen LogP contribution in [0, 0.1) is 11.6 Å². The van der Waals surface area contributed by atoms with Gasteiger partial charge in [0.05, 0.1) is 24.0 Å². The molecule has 0 unspecified atom stereocenters. The van der Waals surface area contributed by atoms with Gasteiger partial charge in [-0.3, -0.25) is 14.4 Å². The molecule has 2 aliphatic heterocycles. The molecular formula is C32H30F2N6O4. The summed E-state index contributed by atoms with van der Waals surface area (Å²) in [6.07, 6.45) is 2.31. The summed E-state index contributed by atoms with van der Waals surface area (Å²) in [6, 6.07) is 14.8. The first-order valence-electron chi connectivity index (χ1n) is 14.4. The van der Waals surface area contributed by atoms with Gasteiger partial charge in [-0.05, 0) is 49.2 Å². The number of carbonyl (C=O) groups excluding carboxylic acids is 3. The Balaban J connectivity index is 1.29. The number of carbonyl (C=O) groups is 3. The zero-order valence-corrected chi connectivity index (χ0v) is 23.9. The van der Waals surface area contributed by atoms with Gasteiger partial charge in [0.15, 0.2) is 0 Å². The molecule has 1 fully saturated rings. The van der Waals surface area contributed by atoms with Crippen molar-refractivity contribution in [1.29, 1.82) is 0 Å². The Labute approximate surface area is 252 Å². The number of pyridine rings is 1. The lowest BCUT2D eigenvalue weighted by atomic mass is 10.1. The van der Waals surface area contributed by atoms with Crippen LogP contribution in [-0.2, 0) is 11.8 Å². The maximum atomic E-state index is 14.5. The molecule has 0 radical (unpaired) electrons. The molecular weight excluding hydrogens is 570 g/mol. The van der Waals surface area contributed by atoms with Gasteiger partial charge in [-0.1, -0.05) is 18.2 Å². The van der Waals surface area contributed by atoms with Crippen molar-refractivity contribution in [3.8, 4) is 28.4 Å². The molecule has 0 spiro atoms. The van der Waals surface area contributed by atoms with E-state index in [2.05, 4.69) is 20.6 Å². The third kappa shape index (κ3) is 5.87. The van der Waals surface area contributed by atoms with Crippen LogP contribution in [0.15, 0.2) is 66.9 Å². The van der Waals surface area contributed by atoms with Crippen LogP contribution in [0.2, 0.25) is 0 Å². The molecule has 12 heteroatoms. The maximum absolute atomic E-state index is 14.5. The first kappa shape index (κ1) is 29.0. The Bertz CT molecular complexity index is 1740. The van der Waals surface area contributed by atoms with E-state index in [0.29, 0.717) is 43.1 Å². The number of halogens is 2. The molecule has 6 rings (SSSR count). The lowest BCUT2D eigenvalue weighted by Gasteiger charge is -2.23. The molecule has 226 valence electrons. The molecule has 2 aliphatic rings. The number of hydrogen-bond donors (Lipinski definition) is 2. The lowest BCUT2D eigenvalue weighted by Crippen LogP contribution is -2.46. The van der Waals surface area contributed by atoms with Gasteiger partial charge in [0.25, 0.3) is 11.8 Å². The molecule has 10 nitrogen and oxygen atoms in total. The van der Waals surface area contributed by atoms with Gasteiger partial charge in [-0.15, -0.1) is 0 Å². The van der Waals surface area contributed by atoms with Crippen LogP contribution in [-0.4, -0.2) is 68.9 Å². The van der Waals surface area contributed by atoms with Crippen molar-refractivity contribution in [2.75, 3.05) is 19.6 Å². The van der Waals surface area contributed by atoms with E-state index >= 15 is 0 Å². The summed E-state index contributed by atoms with van der Waals surface area (Å²) in [7, 11) is 1.57. The molecule has 2 atom stereocenters. The van der Waals surface area contributed by atoms with Gasteiger partial charge in [-0.25, -0.2) is 18.7 Å². The maximum Gasteiger partial charge on any atom is 0.272 e. The van der Waals surface area contributed by atoms with E-state index in [1.54, 1.807) is 31.3 Å². The molecule has 2 N–H and O–H groups in total. The highest BCUT2D eigenvalue weighted by Crippen LogP contribution is 2.29. The standard InChI is InChI=1S/C32H30F2N6O4/c1-39-28(17-37-29(39)23-11-10-20(33)15-24(23)34)32(43)40-18-22-16-27(40)31(42)36-13-3-2-12-35-30(41)26-9-5-8-25(38-26)19-6-4-7-21(14-19)44-22/h4-11,14-15,17,22,27H,2-3,12-13,16,18H2,1H3,(H,35,41)(H,36,42)/t22-,27-/m0/s1. The number of rotatable bonds is 2. The minimum absolute atomic E-state index is 0.0462. The minimum Gasteiger partial charge on any atom is -0.488 e. The van der Waals surface area contributed by atoms with E-state index in [4.69, 9.17) is 4.74 Å². The van der Waals surface area contributed by atoms with Crippen molar-refractivity contribution >= 4 is 17.7 Å². The number of benzene rings is 2. The molecule has 2 aromatic carbocycles. The van der Waals surface area contributed by atoms with Crippen LogP contribution in [0.25, 0.3) is 22.6 Å². The van der Waals surface area contributed by atoms with E-state index in [1.165, 1.54) is 21.7 Å². The second-order valence-electron chi connectivity index (χ2n) is 10.8. The largest absolute Gasteiger partial charge is 0.488 e. The van der Waals surface area contributed by atoms with Crippen LogP contribution in [0.5, 0.6) is 5.75 Å². The van der Waals surface area contributed by atoms with Gasteiger partial charge in [0.2, 0.25) is 5.91 Å². The number of imidazole rings is 1. The van der Waals surface area contributed by atoms with Crippen molar-refractivity contribution in [1.82, 2.24) is 30.1 Å². The molecule has 44 heavy (non-hydrogen) atoms. The predicted octanol–water partition coefficient (Wildman–Crippen LogP) is 3.73. The summed E-state index contributed by atoms with van der Waals surface area (Å²) >= 11 is 0. The van der Waals surface area contributed by atoms with E-state index in [1.807, 2.05) is 18.2 Å². The lowest BCUT2D eigenvalue weighted by molar-refractivity contribution is -0.124. The Morgan fingerprint density at radius 2 is 1.75 bits per heavy atom. The van der Waals surface area contributed by atoms with Crippen molar-refractivity contribution in [3.05, 3.63) is 89.9 Å². The van der Waals surface area contributed by atoms with Gasteiger partial charge >= 0.3 is 0 Å². The number of hydrogen-bond acceptors (Lipinski definition) is 6. The summed E-state index contributed by atoms with van der Waals surface area (Å²) in [5.41, 5.74) is 1.84. The topological polar surface area (TPSA) is 118 Å². The fraction of sp³-hybridized carbons (Fsp3) is 0.281. The summed E-state index contributed by atoms with van der Waals surface area (Å²) < 4.78 is 35.7. The van der Waals surface area contributed by atoms with Crippen LogP contribution in [0.4, 0.5) is 8.78 Å². The number of nitrogens with one attached hydrogen (secondary N) is 2. The third-order valence-electron chi connectivity index (χ3n) is 7.81. The van der Waals surface area contributed by atoms with Gasteiger partial charge in [0, 0.05) is 38.2 Å². The summed E-state index contributed by atoms with van der Waals surface area (Å²) in [5, 5.41) is 5.77. The van der Waals surface area contributed by atoms with E-state index in [0.717, 1.165) is 17.7 Å². The number of aromatic nitrogens is 3. The summed E-state index contributed by atoms with van der Waals surface area (Å²) in [5.74, 6) is -1.92. The van der Waals surface area contributed by atoms with E-state index in [-0.39, 0.29) is 41.9 Å². The highest BCUT2D eigenvalue weighted by Gasteiger charge is 2.42. The first-order valence-corrected chi connectivity index (χ1v) is 14.4. The molecule has 3 amide bonds. The molecule has 2 aromatic heterocycles. The Kier molecular flexibility index (Phi) is 8.05. The molecule has 4 aromatic rings. The molecule has 4 heterocycles. The van der Waals surface area contributed by atoms with Gasteiger partial charge in [-0.2, -0.15) is 0 Å². The number of ether oxygens (including phenoxy) is 1. The quantitative estimate of drug-likeness (QED) is 0.362. The van der Waals surface area contributed by atoms with Crippen molar-refractivity contribution in [3.63, 3.8) is 0 Å². The van der Waals surface area contributed by atoms with Crippen LogP contribution < -0.4 is 15.4 Å². The predicted molar refractivity (Wildman–Crippen MR) is 157 cm³/mol. The minimum atomic E-state index is -0.825. The van der Waals surface area contributed by atoms with Crippen LogP contribution in [0.3, 0.4) is 0 Å². The second-order valence-corrected chi connectivity index (χ2v) is 10.8. The fourth-order valence-corrected chi connectivity index (χ4v) is 5.55. The summed E-state index contributed by atoms with van der Waals surface area (Å²) in [4.78, 5) is 50.1. The van der Waals surface area contributed by atoms with Crippen molar-refractivity contribution < 1.29 is 27.9 Å². The van der Waals surface area contributed by atoms with Crippen LogP contribution >= 0.6 is 0 Å². The monoisotopic (exact) mass is 600 g/mol. The Morgan fingerprint density at radius 3 is 2.57 bits per heavy atom. The van der Waals surface area contributed by atoms with Gasteiger partial charge in [0.1, 0.15) is 46.7 Å². The van der Waals surface area contributed by atoms with E-state index in [9.17, 15) is 23.2 Å². The fourth-order valence-electron chi connectivity index (χ4n) is 5.55. The molecule has 1 saturated heterocycles. The zero-order valence-electron chi connectivity index (χ0n) is 23.9. The zero-order chi connectivity index (χ0) is 30.8. The van der Waals surface area contributed by atoms with Crippen molar-refractivity contribution in [2.24, 2.45) is 7.05 Å². The SMILES string of the molecule is Cn1c(C(=O)N2C[C@@H]3C[C@H]2C(=O)NCCCCNC(=O)c2cccc(n2)-c2cccc(c2)O3)cnc1-c1ccc(F)cc1F. The smallest absolute Gasteiger partial charge is 0.272 e. The number of fused-ring (bicyclic) bond motifs is 7. The highest BCUT2D eigenvalue weighted by molar-refractivity contribution is 5.97.